The first-order valence-electron chi connectivity index (χ1n) is 7.23. The molecule has 0 N–H and O–H groups in total. The first kappa shape index (κ1) is 15.3. The Balaban J connectivity index is 2.01. The maximum atomic E-state index is 12.7. The summed E-state index contributed by atoms with van der Waals surface area (Å²) in [6, 6.07) is 18.9. The maximum absolute atomic E-state index is 12.7. The van der Waals surface area contributed by atoms with E-state index in [4.69, 9.17) is 16.3 Å². The normalized spacial score (nSPS) is 11.0. The van der Waals surface area contributed by atoms with Crippen molar-refractivity contribution in [3.05, 3.63) is 82.9 Å². The average molecular weight is 323 g/mol. The summed E-state index contributed by atoms with van der Waals surface area (Å²) < 4.78 is 5.37. The molecule has 0 saturated heterocycles. The van der Waals surface area contributed by atoms with Gasteiger partial charge in [-0.25, -0.2) is 0 Å². The van der Waals surface area contributed by atoms with Crippen LogP contribution in [0.25, 0.3) is 16.8 Å². The molecule has 0 unspecified atom stereocenters. The molecule has 0 aromatic heterocycles. The minimum absolute atomic E-state index is 0.0893. The highest BCUT2D eigenvalue weighted by Gasteiger charge is 2.13. The highest BCUT2D eigenvalue weighted by atomic mass is 35.5. The molecule has 0 aliphatic carbocycles. The lowest BCUT2D eigenvalue weighted by atomic mass is 9.99. The van der Waals surface area contributed by atoms with Gasteiger partial charge in [0.1, 0.15) is 5.75 Å². The van der Waals surface area contributed by atoms with Crippen LogP contribution >= 0.6 is 11.6 Å². The van der Waals surface area contributed by atoms with E-state index >= 15 is 0 Å². The summed E-state index contributed by atoms with van der Waals surface area (Å²) in [6.45, 7) is 0. The molecule has 0 aliphatic heterocycles. The molecule has 3 aromatic rings. The zero-order chi connectivity index (χ0) is 16.2. The molecule has 0 bridgehead atoms. The molecule has 114 valence electrons. The van der Waals surface area contributed by atoms with Crippen LogP contribution in [-0.2, 0) is 0 Å². The largest absolute Gasteiger partial charge is 0.496 e. The van der Waals surface area contributed by atoms with Crippen molar-refractivity contribution in [2.24, 2.45) is 0 Å². The third-order valence-electron chi connectivity index (χ3n) is 3.65. The fourth-order valence-electron chi connectivity index (χ4n) is 2.50. The summed E-state index contributed by atoms with van der Waals surface area (Å²) in [5.74, 6) is 0.489. The highest BCUT2D eigenvalue weighted by molar-refractivity contribution is 6.30. The van der Waals surface area contributed by atoms with Crippen LogP contribution in [0.5, 0.6) is 5.75 Å². The summed E-state index contributed by atoms with van der Waals surface area (Å²) in [5, 5.41) is 2.57. The van der Waals surface area contributed by atoms with E-state index in [-0.39, 0.29) is 5.78 Å². The van der Waals surface area contributed by atoms with E-state index in [1.807, 2.05) is 48.5 Å². The first-order valence-corrected chi connectivity index (χ1v) is 7.60. The van der Waals surface area contributed by atoms with Crippen molar-refractivity contribution >= 4 is 34.2 Å². The molecule has 0 fully saturated rings. The Morgan fingerprint density at radius 1 is 1.00 bits per heavy atom. The van der Waals surface area contributed by atoms with Crippen molar-refractivity contribution in [2.75, 3.05) is 7.11 Å². The van der Waals surface area contributed by atoms with Crippen molar-refractivity contribution in [1.29, 1.82) is 0 Å². The number of methoxy groups -OCH3 is 1. The SMILES string of the molecule is COc1ccc2ccccc2c1C(=O)/C=C\c1ccc(Cl)cc1. The minimum Gasteiger partial charge on any atom is -0.496 e. The van der Waals surface area contributed by atoms with Gasteiger partial charge < -0.3 is 4.74 Å². The van der Waals surface area contributed by atoms with E-state index in [9.17, 15) is 4.79 Å². The van der Waals surface area contributed by atoms with Gasteiger partial charge in [-0.15, -0.1) is 0 Å². The van der Waals surface area contributed by atoms with Crippen LogP contribution in [0.4, 0.5) is 0 Å². The van der Waals surface area contributed by atoms with Crippen LogP contribution < -0.4 is 4.74 Å². The molecular formula is C20H15ClO2. The number of halogens is 1. The second-order valence-corrected chi connectivity index (χ2v) is 5.55. The predicted molar refractivity (Wildman–Crippen MR) is 95.3 cm³/mol. The molecule has 0 aliphatic rings. The van der Waals surface area contributed by atoms with Gasteiger partial charge in [-0.3, -0.25) is 4.79 Å². The Kier molecular flexibility index (Phi) is 4.45. The van der Waals surface area contributed by atoms with Gasteiger partial charge in [0.2, 0.25) is 0 Å². The van der Waals surface area contributed by atoms with Crippen molar-refractivity contribution in [2.45, 2.75) is 0 Å². The van der Waals surface area contributed by atoms with Crippen LogP contribution in [0, 0.1) is 0 Å². The standard InChI is InChI=1S/C20H15ClO2/c1-23-19-13-9-15-4-2-3-5-17(15)20(19)18(22)12-8-14-6-10-16(21)11-7-14/h2-13H,1H3/b12-8-. The third-order valence-corrected chi connectivity index (χ3v) is 3.91. The van der Waals surface area contributed by atoms with E-state index in [1.165, 1.54) is 0 Å². The van der Waals surface area contributed by atoms with Gasteiger partial charge in [0.05, 0.1) is 12.7 Å². The number of ether oxygens (including phenoxy) is 1. The monoisotopic (exact) mass is 322 g/mol. The van der Waals surface area contributed by atoms with Crippen molar-refractivity contribution in [3.8, 4) is 5.75 Å². The van der Waals surface area contributed by atoms with Crippen LogP contribution in [0.15, 0.2) is 66.7 Å². The topological polar surface area (TPSA) is 26.3 Å². The second-order valence-electron chi connectivity index (χ2n) is 5.11. The number of fused-ring (bicyclic) bond motifs is 1. The molecule has 0 amide bonds. The summed E-state index contributed by atoms with van der Waals surface area (Å²) in [4.78, 5) is 12.7. The van der Waals surface area contributed by atoms with Crippen LogP contribution in [0.2, 0.25) is 5.02 Å². The lowest BCUT2D eigenvalue weighted by Crippen LogP contribution is -2.00. The summed E-state index contributed by atoms with van der Waals surface area (Å²) in [5.41, 5.74) is 1.50. The maximum Gasteiger partial charge on any atom is 0.190 e. The minimum atomic E-state index is -0.0893. The van der Waals surface area contributed by atoms with E-state index in [1.54, 1.807) is 31.4 Å². The molecule has 3 rings (SSSR count). The van der Waals surface area contributed by atoms with Crippen LogP contribution in [0.3, 0.4) is 0 Å². The van der Waals surface area contributed by atoms with E-state index in [0.29, 0.717) is 16.3 Å². The van der Waals surface area contributed by atoms with Gasteiger partial charge in [-0.2, -0.15) is 0 Å². The van der Waals surface area contributed by atoms with Gasteiger partial charge in [0.25, 0.3) is 0 Å². The Bertz CT molecular complexity index is 880. The number of allylic oxidation sites excluding steroid dienone is 1. The zero-order valence-corrected chi connectivity index (χ0v) is 13.4. The van der Waals surface area contributed by atoms with Gasteiger partial charge in [-0.05, 0) is 40.6 Å². The highest BCUT2D eigenvalue weighted by Crippen LogP contribution is 2.28. The molecule has 0 atom stereocenters. The molecule has 0 radical (unpaired) electrons. The molecule has 3 heteroatoms. The second kappa shape index (κ2) is 6.67. The molecule has 23 heavy (non-hydrogen) atoms. The Morgan fingerprint density at radius 2 is 1.74 bits per heavy atom. The summed E-state index contributed by atoms with van der Waals surface area (Å²) >= 11 is 5.87. The molecule has 0 spiro atoms. The first-order chi connectivity index (χ1) is 11.2. The van der Waals surface area contributed by atoms with Crippen LogP contribution in [-0.4, -0.2) is 12.9 Å². The van der Waals surface area contributed by atoms with Crippen molar-refractivity contribution in [1.82, 2.24) is 0 Å². The Labute approximate surface area is 140 Å². The Hall–Kier alpha value is -2.58. The fourth-order valence-corrected chi connectivity index (χ4v) is 2.63. The number of hydrogen-bond acceptors (Lipinski definition) is 2. The molecule has 2 nitrogen and oxygen atoms in total. The number of carbonyl (C=O) groups is 1. The summed E-state index contributed by atoms with van der Waals surface area (Å²) in [6.07, 6.45) is 3.34. The van der Waals surface area contributed by atoms with Gasteiger partial charge in [0, 0.05) is 5.02 Å². The third kappa shape index (κ3) is 3.27. The average Bonchev–Trinajstić information content (AvgIpc) is 2.60. The number of rotatable bonds is 4. The molecule has 0 saturated carbocycles. The van der Waals surface area contributed by atoms with Gasteiger partial charge in [0.15, 0.2) is 5.78 Å². The molecule has 3 aromatic carbocycles. The quantitative estimate of drug-likeness (QED) is 0.475. The van der Waals surface area contributed by atoms with Gasteiger partial charge >= 0.3 is 0 Å². The molecular weight excluding hydrogens is 308 g/mol. The molecule has 0 heterocycles. The van der Waals surface area contributed by atoms with Crippen molar-refractivity contribution < 1.29 is 9.53 Å². The van der Waals surface area contributed by atoms with E-state index < -0.39 is 0 Å². The smallest absolute Gasteiger partial charge is 0.190 e. The number of benzene rings is 3. The predicted octanol–water partition coefficient (Wildman–Crippen LogP) is 5.40. The number of carbonyl (C=O) groups excluding carboxylic acids is 1. The van der Waals surface area contributed by atoms with Crippen LogP contribution in [0.1, 0.15) is 15.9 Å². The van der Waals surface area contributed by atoms with E-state index in [0.717, 1.165) is 16.3 Å². The number of ketones is 1. The Morgan fingerprint density at radius 3 is 2.48 bits per heavy atom. The zero-order valence-electron chi connectivity index (χ0n) is 12.6. The lowest BCUT2D eigenvalue weighted by Gasteiger charge is -2.09. The fraction of sp³-hybridized carbons (Fsp3) is 0.0500. The lowest BCUT2D eigenvalue weighted by molar-refractivity contribution is 0.104. The summed E-state index contributed by atoms with van der Waals surface area (Å²) in [7, 11) is 1.57. The van der Waals surface area contributed by atoms with Crippen molar-refractivity contribution in [3.63, 3.8) is 0 Å². The van der Waals surface area contributed by atoms with E-state index in [2.05, 4.69) is 0 Å². The number of hydrogen-bond donors (Lipinski definition) is 0. The van der Waals surface area contributed by atoms with Gasteiger partial charge in [-0.1, -0.05) is 60.1 Å².